The minimum atomic E-state index is 0.690. The fourth-order valence-corrected chi connectivity index (χ4v) is 1.23. The second-order valence-corrected chi connectivity index (χ2v) is 3.01. The van der Waals surface area contributed by atoms with Gasteiger partial charge in [0, 0.05) is 11.6 Å². The van der Waals surface area contributed by atoms with Gasteiger partial charge >= 0.3 is 0 Å². The Morgan fingerprint density at radius 3 is 3.08 bits per heavy atom. The lowest BCUT2D eigenvalue weighted by Gasteiger charge is -1.98. The van der Waals surface area contributed by atoms with Gasteiger partial charge in [-0.05, 0) is 25.1 Å². The summed E-state index contributed by atoms with van der Waals surface area (Å²) >= 11 is 5.90. The Morgan fingerprint density at radius 1 is 1.42 bits per heavy atom. The van der Waals surface area contributed by atoms with Gasteiger partial charge in [0.1, 0.15) is 0 Å². The van der Waals surface area contributed by atoms with Crippen LogP contribution >= 0.6 is 11.6 Å². The molecule has 2 nitrogen and oxygen atoms in total. The van der Waals surface area contributed by atoms with E-state index in [1.54, 1.807) is 6.20 Å². The molecule has 0 aliphatic heterocycles. The Kier molecular flexibility index (Phi) is 1.70. The molecule has 0 aromatic carbocycles. The van der Waals surface area contributed by atoms with Crippen molar-refractivity contribution in [1.82, 2.24) is 9.97 Å². The minimum Gasteiger partial charge on any atom is -0.237 e. The molecule has 0 saturated heterocycles. The summed E-state index contributed by atoms with van der Waals surface area (Å²) < 4.78 is 0. The summed E-state index contributed by atoms with van der Waals surface area (Å²) in [5.74, 6) is 0. The van der Waals surface area contributed by atoms with Crippen LogP contribution < -0.4 is 0 Å². The first-order valence-electron chi connectivity index (χ1n) is 3.65. The van der Waals surface area contributed by atoms with Gasteiger partial charge in [-0.3, -0.25) is 0 Å². The minimum absolute atomic E-state index is 0.690. The topological polar surface area (TPSA) is 25.8 Å². The summed E-state index contributed by atoms with van der Waals surface area (Å²) in [7, 11) is 0. The van der Waals surface area contributed by atoms with Crippen molar-refractivity contribution in [3.05, 3.63) is 35.1 Å². The number of hydrogen-bond donors (Lipinski definition) is 0. The molecule has 2 heterocycles. The molecule has 2 aromatic heterocycles. The molecule has 0 aliphatic carbocycles. The highest BCUT2D eigenvalue weighted by molar-refractivity contribution is 6.31. The van der Waals surface area contributed by atoms with E-state index < -0.39 is 0 Å². The van der Waals surface area contributed by atoms with Gasteiger partial charge in [0.15, 0.2) is 5.65 Å². The van der Waals surface area contributed by atoms with Crippen molar-refractivity contribution in [2.24, 2.45) is 0 Å². The third kappa shape index (κ3) is 1.14. The van der Waals surface area contributed by atoms with Crippen LogP contribution in [0.3, 0.4) is 0 Å². The number of halogens is 1. The number of rotatable bonds is 0. The monoisotopic (exact) mass is 178 g/mol. The van der Waals surface area contributed by atoms with Gasteiger partial charge in [0.25, 0.3) is 0 Å². The zero-order valence-electron chi connectivity index (χ0n) is 6.58. The molecule has 0 fully saturated rings. The first-order valence-corrected chi connectivity index (χ1v) is 4.03. The second kappa shape index (κ2) is 2.72. The van der Waals surface area contributed by atoms with Gasteiger partial charge in [0.2, 0.25) is 0 Å². The van der Waals surface area contributed by atoms with Crippen LogP contribution in [0.25, 0.3) is 11.0 Å². The molecule has 0 N–H and O–H groups in total. The van der Waals surface area contributed by atoms with E-state index in [-0.39, 0.29) is 0 Å². The van der Waals surface area contributed by atoms with Crippen molar-refractivity contribution >= 4 is 22.6 Å². The molecule has 0 saturated carbocycles. The predicted molar refractivity (Wildman–Crippen MR) is 49.3 cm³/mol. The average Bonchev–Trinajstić information content (AvgIpc) is 2.07. The normalized spacial score (nSPS) is 10.5. The molecule has 0 bridgehead atoms. The standard InChI is InChI=1S/C9H7ClN2/c1-6-8(10)5-7-3-2-4-11-9(7)12-6/h2-5H,1H3. The van der Waals surface area contributed by atoms with E-state index in [2.05, 4.69) is 9.97 Å². The first kappa shape index (κ1) is 7.50. The Labute approximate surface area is 75.2 Å². The molecule has 0 unspecified atom stereocenters. The number of aryl methyl sites for hydroxylation is 1. The van der Waals surface area contributed by atoms with Crippen LogP contribution in [0.1, 0.15) is 5.69 Å². The van der Waals surface area contributed by atoms with Gasteiger partial charge < -0.3 is 0 Å². The Hall–Kier alpha value is -1.15. The third-order valence-electron chi connectivity index (χ3n) is 1.72. The van der Waals surface area contributed by atoms with E-state index in [1.807, 2.05) is 25.1 Å². The van der Waals surface area contributed by atoms with Crippen molar-refractivity contribution in [1.29, 1.82) is 0 Å². The highest BCUT2D eigenvalue weighted by Gasteiger charge is 1.99. The highest BCUT2D eigenvalue weighted by atomic mass is 35.5. The molecule has 2 aromatic rings. The summed E-state index contributed by atoms with van der Waals surface area (Å²) in [5.41, 5.74) is 1.57. The lowest BCUT2D eigenvalue weighted by atomic mass is 10.2. The van der Waals surface area contributed by atoms with Gasteiger partial charge in [-0.1, -0.05) is 11.6 Å². The zero-order valence-corrected chi connectivity index (χ0v) is 7.34. The summed E-state index contributed by atoms with van der Waals surface area (Å²) in [5, 5.41) is 1.67. The van der Waals surface area contributed by atoms with E-state index >= 15 is 0 Å². The summed E-state index contributed by atoms with van der Waals surface area (Å²) in [6.07, 6.45) is 1.72. The lowest BCUT2D eigenvalue weighted by Crippen LogP contribution is -1.86. The van der Waals surface area contributed by atoms with Crippen LogP contribution in [0.4, 0.5) is 0 Å². The fraction of sp³-hybridized carbons (Fsp3) is 0.111. The Balaban J connectivity index is 2.84. The van der Waals surface area contributed by atoms with Crippen LogP contribution in [-0.2, 0) is 0 Å². The number of pyridine rings is 2. The molecule has 0 spiro atoms. The molecule has 60 valence electrons. The Bertz CT molecular complexity index is 385. The van der Waals surface area contributed by atoms with E-state index in [0.29, 0.717) is 5.02 Å². The van der Waals surface area contributed by atoms with Crippen molar-refractivity contribution in [2.75, 3.05) is 0 Å². The van der Waals surface area contributed by atoms with Gasteiger partial charge in [-0.25, -0.2) is 9.97 Å². The van der Waals surface area contributed by atoms with Crippen molar-refractivity contribution in [2.45, 2.75) is 6.92 Å². The highest BCUT2D eigenvalue weighted by Crippen LogP contribution is 2.18. The van der Waals surface area contributed by atoms with Gasteiger partial charge in [-0.2, -0.15) is 0 Å². The van der Waals surface area contributed by atoms with E-state index in [0.717, 1.165) is 16.7 Å². The first-order chi connectivity index (χ1) is 5.77. The van der Waals surface area contributed by atoms with Crippen LogP contribution in [0.15, 0.2) is 24.4 Å². The maximum absolute atomic E-state index is 5.90. The average molecular weight is 179 g/mol. The summed E-state index contributed by atoms with van der Waals surface area (Å²) in [6, 6.07) is 5.70. The quantitative estimate of drug-likeness (QED) is 0.620. The number of aromatic nitrogens is 2. The van der Waals surface area contributed by atoms with Crippen LogP contribution in [0.2, 0.25) is 5.02 Å². The third-order valence-corrected chi connectivity index (χ3v) is 2.10. The van der Waals surface area contributed by atoms with E-state index in [9.17, 15) is 0 Å². The van der Waals surface area contributed by atoms with Crippen LogP contribution in [0, 0.1) is 6.92 Å². The number of hydrogen-bond acceptors (Lipinski definition) is 2. The molecule has 0 radical (unpaired) electrons. The molecule has 0 aliphatic rings. The second-order valence-electron chi connectivity index (χ2n) is 2.61. The number of nitrogens with zero attached hydrogens (tertiary/aromatic N) is 2. The maximum Gasteiger partial charge on any atom is 0.159 e. The van der Waals surface area contributed by atoms with Crippen molar-refractivity contribution in [3.63, 3.8) is 0 Å². The molecule has 0 atom stereocenters. The van der Waals surface area contributed by atoms with Crippen molar-refractivity contribution < 1.29 is 0 Å². The fourth-order valence-electron chi connectivity index (χ4n) is 1.07. The smallest absolute Gasteiger partial charge is 0.159 e. The van der Waals surface area contributed by atoms with E-state index in [4.69, 9.17) is 11.6 Å². The predicted octanol–water partition coefficient (Wildman–Crippen LogP) is 2.59. The van der Waals surface area contributed by atoms with Gasteiger partial charge in [-0.15, -0.1) is 0 Å². The Morgan fingerprint density at radius 2 is 2.25 bits per heavy atom. The van der Waals surface area contributed by atoms with E-state index in [1.165, 1.54) is 0 Å². The van der Waals surface area contributed by atoms with Gasteiger partial charge in [0.05, 0.1) is 10.7 Å². The molecular weight excluding hydrogens is 172 g/mol. The molecule has 0 amide bonds. The van der Waals surface area contributed by atoms with Crippen LogP contribution in [0.5, 0.6) is 0 Å². The maximum atomic E-state index is 5.90. The largest absolute Gasteiger partial charge is 0.237 e. The zero-order chi connectivity index (χ0) is 8.55. The SMILES string of the molecule is Cc1nc2ncccc2cc1Cl. The van der Waals surface area contributed by atoms with Crippen molar-refractivity contribution in [3.8, 4) is 0 Å². The number of fused-ring (bicyclic) bond motifs is 1. The summed E-state index contributed by atoms with van der Waals surface area (Å²) in [4.78, 5) is 8.35. The molecule has 2 rings (SSSR count). The lowest BCUT2D eigenvalue weighted by molar-refractivity contribution is 1.20. The van der Waals surface area contributed by atoms with Crippen LogP contribution in [-0.4, -0.2) is 9.97 Å². The summed E-state index contributed by atoms with van der Waals surface area (Å²) in [6.45, 7) is 1.87. The molecular formula is C9H7ClN2. The molecule has 3 heteroatoms. The molecule has 12 heavy (non-hydrogen) atoms.